The molecule has 0 radical (unpaired) electrons. The van der Waals surface area contributed by atoms with Gasteiger partial charge >= 0.3 is 0 Å². The van der Waals surface area contributed by atoms with Gasteiger partial charge in [0.05, 0.1) is 23.4 Å². The summed E-state index contributed by atoms with van der Waals surface area (Å²) < 4.78 is 28.7. The van der Waals surface area contributed by atoms with Gasteiger partial charge in [-0.05, 0) is 19.1 Å². The zero-order valence-electron chi connectivity index (χ0n) is 8.65. The van der Waals surface area contributed by atoms with Gasteiger partial charge in [0.15, 0.2) is 9.84 Å². The van der Waals surface area contributed by atoms with Crippen molar-refractivity contribution in [1.29, 1.82) is 0 Å². The number of hydrogen-bond donors (Lipinski definition) is 1. The first-order valence-electron chi connectivity index (χ1n) is 4.70. The molecule has 1 aliphatic heterocycles. The average molecular weight is 227 g/mol. The summed E-state index contributed by atoms with van der Waals surface area (Å²) >= 11 is 0. The molecule has 0 amide bonds. The highest BCUT2D eigenvalue weighted by Gasteiger charge is 2.27. The van der Waals surface area contributed by atoms with Crippen molar-refractivity contribution >= 4 is 15.5 Å². The number of fused-ring (bicyclic) bond motifs is 1. The number of nitrogens with one attached hydrogen (secondary N) is 1. The molecule has 1 N–H and O–H groups in total. The maximum atomic E-state index is 11.9. The van der Waals surface area contributed by atoms with Gasteiger partial charge in [0.25, 0.3) is 0 Å². The van der Waals surface area contributed by atoms with Gasteiger partial charge in [-0.3, -0.25) is 0 Å². The van der Waals surface area contributed by atoms with Gasteiger partial charge in [-0.15, -0.1) is 0 Å². The van der Waals surface area contributed by atoms with E-state index in [2.05, 4.69) is 5.32 Å². The van der Waals surface area contributed by atoms with E-state index in [1.54, 1.807) is 18.2 Å². The van der Waals surface area contributed by atoms with Gasteiger partial charge < -0.3 is 10.1 Å². The first-order chi connectivity index (χ1) is 7.03. The smallest absolute Gasteiger partial charge is 0.182 e. The zero-order chi connectivity index (χ0) is 11.1. The first kappa shape index (κ1) is 10.3. The Balaban J connectivity index is 2.59. The molecule has 0 aromatic heterocycles. The number of rotatable bonds is 1. The van der Waals surface area contributed by atoms with E-state index in [1.165, 1.54) is 7.11 Å². The minimum absolute atomic E-state index is 0.0455. The second kappa shape index (κ2) is 3.41. The largest absolute Gasteiger partial charge is 0.497 e. The quantitative estimate of drug-likeness (QED) is 0.785. The summed E-state index contributed by atoms with van der Waals surface area (Å²) in [5, 5.41) is 3.13. The van der Waals surface area contributed by atoms with Crippen molar-refractivity contribution < 1.29 is 13.2 Å². The Bertz CT molecular complexity index is 481. The average Bonchev–Trinajstić information content (AvgIpc) is 2.16. The molecule has 1 aromatic carbocycles. The maximum absolute atomic E-state index is 11.9. The molecule has 1 aromatic rings. The van der Waals surface area contributed by atoms with Gasteiger partial charge in [0.2, 0.25) is 0 Å². The summed E-state index contributed by atoms with van der Waals surface area (Å²) in [7, 11) is -1.65. The fourth-order valence-corrected chi connectivity index (χ4v) is 3.41. The summed E-state index contributed by atoms with van der Waals surface area (Å²) in [6, 6.07) is 5.00. The molecule has 0 aliphatic carbocycles. The molecule has 2 rings (SSSR count). The van der Waals surface area contributed by atoms with Crippen molar-refractivity contribution in [2.75, 3.05) is 18.2 Å². The molecule has 1 unspecified atom stereocenters. The highest BCUT2D eigenvalue weighted by Crippen LogP contribution is 2.31. The van der Waals surface area contributed by atoms with Crippen molar-refractivity contribution in [2.45, 2.75) is 17.9 Å². The molecule has 0 bridgehead atoms. The van der Waals surface area contributed by atoms with Gasteiger partial charge in [-0.25, -0.2) is 8.42 Å². The van der Waals surface area contributed by atoms with Crippen LogP contribution in [0.1, 0.15) is 6.92 Å². The van der Waals surface area contributed by atoms with Crippen LogP contribution in [-0.2, 0) is 9.84 Å². The second-order valence-electron chi connectivity index (χ2n) is 3.69. The number of sulfone groups is 1. The van der Waals surface area contributed by atoms with Crippen molar-refractivity contribution in [1.82, 2.24) is 0 Å². The Kier molecular flexibility index (Phi) is 2.34. The van der Waals surface area contributed by atoms with E-state index in [0.29, 0.717) is 16.3 Å². The van der Waals surface area contributed by atoms with Crippen molar-refractivity contribution in [3.05, 3.63) is 18.2 Å². The second-order valence-corrected chi connectivity index (χ2v) is 5.69. The van der Waals surface area contributed by atoms with Crippen LogP contribution in [0.4, 0.5) is 5.69 Å². The minimum Gasteiger partial charge on any atom is -0.497 e. The van der Waals surface area contributed by atoms with Crippen LogP contribution in [0.15, 0.2) is 23.1 Å². The standard InChI is InChI=1S/C10H13NO3S/c1-7-6-15(12,13)10-5-8(14-2)3-4-9(10)11-7/h3-5,7,11H,6H2,1-2H3. The van der Waals surface area contributed by atoms with Crippen LogP contribution in [0.25, 0.3) is 0 Å². The fourth-order valence-electron chi connectivity index (χ4n) is 1.73. The van der Waals surface area contributed by atoms with Crippen molar-refractivity contribution in [3.8, 4) is 5.75 Å². The van der Waals surface area contributed by atoms with Crippen LogP contribution >= 0.6 is 0 Å². The minimum atomic E-state index is -3.17. The Morgan fingerprint density at radius 1 is 1.47 bits per heavy atom. The van der Waals surface area contributed by atoms with Crippen LogP contribution in [0.2, 0.25) is 0 Å². The third-order valence-corrected chi connectivity index (χ3v) is 4.34. The molecular weight excluding hydrogens is 214 g/mol. The number of ether oxygens (including phenoxy) is 1. The van der Waals surface area contributed by atoms with Gasteiger partial charge in [-0.2, -0.15) is 0 Å². The maximum Gasteiger partial charge on any atom is 0.182 e. The van der Waals surface area contributed by atoms with Crippen molar-refractivity contribution in [3.63, 3.8) is 0 Å². The number of methoxy groups -OCH3 is 1. The monoisotopic (exact) mass is 227 g/mol. The van der Waals surface area contributed by atoms with E-state index in [0.717, 1.165) is 0 Å². The van der Waals surface area contributed by atoms with E-state index >= 15 is 0 Å². The third-order valence-electron chi connectivity index (χ3n) is 2.40. The summed E-state index contributed by atoms with van der Waals surface area (Å²) in [6.45, 7) is 1.85. The van der Waals surface area contributed by atoms with Crippen LogP contribution in [-0.4, -0.2) is 27.3 Å². The first-order valence-corrected chi connectivity index (χ1v) is 6.35. The molecule has 1 atom stereocenters. The normalized spacial score (nSPS) is 22.7. The van der Waals surface area contributed by atoms with Crippen molar-refractivity contribution in [2.24, 2.45) is 0 Å². The Morgan fingerprint density at radius 2 is 2.20 bits per heavy atom. The van der Waals surface area contributed by atoms with Gasteiger partial charge in [-0.1, -0.05) is 0 Å². The van der Waals surface area contributed by atoms with E-state index in [-0.39, 0.29) is 11.8 Å². The number of benzene rings is 1. The molecule has 1 heterocycles. The lowest BCUT2D eigenvalue weighted by molar-refractivity contribution is 0.413. The number of anilines is 1. The van der Waals surface area contributed by atoms with Crippen LogP contribution < -0.4 is 10.1 Å². The zero-order valence-corrected chi connectivity index (χ0v) is 9.47. The Hall–Kier alpha value is -1.23. The lowest BCUT2D eigenvalue weighted by Crippen LogP contribution is -2.31. The molecule has 0 saturated carbocycles. The predicted octanol–water partition coefficient (Wildman–Crippen LogP) is 1.28. The third kappa shape index (κ3) is 1.79. The molecule has 0 saturated heterocycles. The van der Waals surface area contributed by atoms with Crippen LogP contribution in [0.5, 0.6) is 5.75 Å². The molecule has 0 spiro atoms. The summed E-state index contributed by atoms with van der Waals surface area (Å²) in [5.41, 5.74) is 0.662. The highest BCUT2D eigenvalue weighted by molar-refractivity contribution is 7.91. The molecule has 0 fully saturated rings. The van der Waals surface area contributed by atoms with Gasteiger partial charge in [0.1, 0.15) is 5.75 Å². The lowest BCUT2D eigenvalue weighted by atomic mass is 10.2. The molecule has 5 heteroatoms. The summed E-state index contributed by atoms with van der Waals surface area (Å²) in [4.78, 5) is 0.333. The SMILES string of the molecule is COc1ccc2c(c1)S(=O)(=O)CC(C)N2. The molecule has 82 valence electrons. The highest BCUT2D eigenvalue weighted by atomic mass is 32.2. The Labute approximate surface area is 89.2 Å². The van der Waals surface area contributed by atoms with E-state index in [9.17, 15) is 8.42 Å². The fraction of sp³-hybridized carbons (Fsp3) is 0.400. The van der Waals surface area contributed by atoms with E-state index in [1.807, 2.05) is 6.92 Å². The van der Waals surface area contributed by atoms with E-state index < -0.39 is 9.84 Å². The predicted molar refractivity (Wildman–Crippen MR) is 58.1 cm³/mol. The summed E-state index contributed by atoms with van der Waals surface area (Å²) in [5.74, 6) is 0.696. The Morgan fingerprint density at radius 3 is 2.87 bits per heavy atom. The molecule has 1 aliphatic rings. The van der Waals surface area contributed by atoms with Crippen LogP contribution in [0, 0.1) is 0 Å². The van der Waals surface area contributed by atoms with Crippen LogP contribution in [0.3, 0.4) is 0 Å². The molecular formula is C10H13NO3S. The van der Waals surface area contributed by atoms with E-state index in [4.69, 9.17) is 4.74 Å². The van der Waals surface area contributed by atoms with Gasteiger partial charge in [0, 0.05) is 12.1 Å². The topological polar surface area (TPSA) is 55.4 Å². The molecule has 4 nitrogen and oxygen atoms in total. The summed E-state index contributed by atoms with van der Waals surface area (Å²) in [6.07, 6.45) is 0. The number of hydrogen-bond acceptors (Lipinski definition) is 4. The lowest BCUT2D eigenvalue weighted by Gasteiger charge is -2.24. The molecule has 15 heavy (non-hydrogen) atoms.